The van der Waals surface area contributed by atoms with Crippen LogP contribution in [-0.2, 0) is 0 Å². The minimum Gasteiger partial charge on any atom is -0.388 e. The van der Waals surface area contributed by atoms with E-state index >= 15 is 0 Å². The maximum absolute atomic E-state index is 13.2. The summed E-state index contributed by atoms with van der Waals surface area (Å²) < 4.78 is 25.8. The van der Waals surface area contributed by atoms with Crippen molar-refractivity contribution in [1.29, 1.82) is 0 Å². The first-order chi connectivity index (χ1) is 7.15. The van der Waals surface area contributed by atoms with Crippen LogP contribution >= 0.6 is 0 Å². The van der Waals surface area contributed by atoms with Gasteiger partial charge in [-0.15, -0.1) is 0 Å². The van der Waals surface area contributed by atoms with Gasteiger partial charge in [0.05, 0.1) is 6.10 Å². The summed E-state index contributed by atoms with van der Waals surface area (Å²) in [4.78, 5) is 0. The van der Waals surface area contributed by atoms with E-state index in [-0.39, 0.29) is 5.56 Å². The van der Waals surface area contributed by atoms with Crippen molar-refractivity contribution in [2.75, 3.05) is 0 Å². The van der Waals surface area contributed by atoms with Crippen LogP contribution in [0.4, 0.5) is 8.78 Å². The fourth-order valence-corrected chi connectivity index (χ4v) is 1.51. The van der Waals surface area contributed by atoms with Gasteiger partial charge in [-0.25, -0.2) is 8.78 Å². The van der Waals surface area contributed by atoms with E-state index in [0.717, 1.165) is 25.3 Å². The quantitative estimate of drug-likeness (QED) is 0.743. The van der Waals surface area contributed by atoms with Crippen LogP contribution in [0.3, 0.4) is 0 Å². The van der Waals surface area contributed by atoms with Crippen molar-refractivity contribution in [3.8, 4) is 0 Å². The van der Waals surface area contributed by atoms with Crippen molar-refractivity contribution in [2.24, 2.45) is 0 Å². The van der Waals surface area contributed by atoms with Crippen LogP contribution < -0.4 is 0 Å². The fraction of sp³-hybridized carbons (Fsp3) is 0.500. The molecule has 1 N–H and O–H groups in total. The molecule has 0 radical (unpaired) electrons. The van der Waals surface area contributed by atoms with E-state index < -0.39 is 17.7 Å². The Kier molecular flexibility index (Phi) is 4.69. The van der Waals surface area contributed by atoms with E-state index in [1.54, 1.807) is 0 Å². The predicted molar refractivity (Wildman–Crippen MR) is 55.5 cm³/mol. The average Bonchev–Trinajstić information content (AvgIpc) is 2.17. The zero-order valence-electron chi connectivity index (χ0n) is 8.84. The molecule has 0 bridgehead atoms. The van der Waals surface area contributed by atoms with Crippen molar-refractivity contribution in [1.82, 2.24) is 0 Å². The molecule has 0 aliphatic heterocycles. The highest BCUT2D eigenvalue weighted by Crippen LogP contribution is 2.22. The molecule has 1 nitrogen and oxygen atoms in total. The first-order valence-electron chi connectivity index (χ1n) is 5.28. The van der Waals surface area contributed by atoms with Crippen LogP contribution in [0.15, 0.2) is 18.2 Å². The lowest BCUT2D eigenvalue weighted by molar-refractivity contribution is 0.159. The molecule has 0 spiro atoms. The number of benzene rings is 1. The lowest BCUT2D eigenvalue weighted by Gasteiger charge is -2.11. The molecular weight excluding hydrogens is 198 g/mol. The van der Waals surface area contributed by atoms with Crippen LogP contribution in [0.2, 0.25) is 0 Å². The summed E-state index contributed by atoms with van der Waals surface area (Å²) in [5.74, 6) is -1.28. The number of halogens is 2. The highest BCUT2D eigenvalue weighted by molar-refractivity contribution is 5.20. The molecule has 15 heavy (non-hydrogen) atoms. The number of rotatable bonds is 5. The maximum atomic E-state index is 13.2. The normalized spacial score (nSPS) is 12.8. The van der Waals surface area contributed by atoms with E-state index in [0.29, 0.717) is 6.42 Å². The van der Waals surface area contributed by atoms with E-state index in [4.69, 9.17) is 0 Å². The second-order valence-corrected chi connectivity index (χ2v) is 3.68. The summed E-state index contributed by atoms with van der Waals surface area (Å²) in [5, 5.41) is 9.66. The lowest BCUT2D eigenvalue weighted by atomic mass is 10.0. The molecule has 0 heterocycles. The first kappa shape index (κ1) is 12.1. The Bertz CT molecular complexity index is 312. The summed E-state index contributed by atoms with van der Waals surface area (Å²) in [6, 6.07) is 3.28. The number of unbranched alkanes of at least 4 members (excludes halogenated alkanes) is 2. The van der Waals surface area contributed by atoms with Gasteiger partial charge in [0, 0.05) is 11.6 Å². The minimum atomic E-state index is -0.822. The van der Waals surface area contributed by atoms with Gasteiger partial charge in [-0.3, -0.25) is 0 Å². The summed E-state index contributed by atoms with van der Waals surface area (Å²) in [5.41, 5.74) is 0.188. The Labute approximate surface area is 88.7 Å². The van der Waals surface area contributed by atoms with Crippen molar-refractivity contribution in [3.63, 3.8) is 0 Å². The minimum absolute atomic E-state index is 0.188. The molecule has 1 unspecified atom stereocenters. The van der Waals surface area contributed by atoms with Gasteiger partial charge in [-0.05, 0) is 12.5 Å². The summed E-state index contributed by atoms with van der Waals surface area (Å²) >= 11 is 0. The monoisotopic (exact) mass is 214 g/mol. The zero-order chi connectivity index (χ0) is 11.3. The van der Waals surface area contributed by atoms with Crippen molar-refractivity contribution < 1.29 is 13.9 Å². The average molecular weight is 214 g/mol. The molecule has 1 rings (SSSR count). The SMILES string of the molecule is CCCCCC(O)c1ccc(F)cc1F. The number of hydrogen-bond donors (Lipinski definition) is 1. The molecule has 84 valence electrons. The first-order valence-corrected chi connectivity index (χ1v) is 5.28. The Balaban J connectivity index is 2.61. The zero-order valence-corrected chi connectivity index (χ0v) is 8.84. The molecule has 0 aliphatic rings. The molecular formula is C12H16F2O. The van der Waals surface area contributed by atoms with E-state index in [1.165, 1.54) is 12.1 Å². The van der Waals surface area contributed by atoms with Crippen LogP contribution in [0.1, 0.15) is 44.3 Å². The second-order valence-electron chi connectivity index (χ2n) is 3.68. The van der Waals surface area contributed by atoms with Gasteiger partial charge in [0.25, 0.3) is 0 Å². The number of hydrogen-bond acceptors (Lipinski definition) is 1. The standard InChI is InChI=1S/C12H16F2O/c1-2-3-4-5-12(15)10-7-6-9(13)8-11(10)14/h6-8,12,15H,2-5H2,1H3. The fourth-order valence-electron chi connectivity index (χ4n) is 1.51. The van der Waals surface area contributed by atoms with Crippen molar-refractivity contribution in [3.05, 3.63) is 35.4 Å². The third kappa shape index (κ3) is 3.59. The summed E-state index contributed by atoms with van der Waals surface area (Å²) in [7, 11) is 0. The van der Waals surface area contributed by atoms with Crippen LogP contribution in [0.5, 0.6) is 0 Å². The molecule has 3 heteroatoms. The smallest absolute Gasteiger partial charge is 0.131 e. The van der Waals surface area contributed by atoms with E-state index in [9.17, 15) is 13.9 Å². The molecule has 1 aromatic carbocycles. The molecule has 0 saturated heterocycles. The second kappa shape index (κ2) is 5.81. The van der Waals surface area contributed by atoms with E-state index in [1.807, 2.05) is 0 Å². The summed E-state index contributed by atoms with van der Waals surface area (Å²) in [6.07, 6.45) is 2.63. The molecule has 0 aliphatic carbocycles. The number of aliphatic hydroxyl groups excluding tert-OH is 1. The summed E-state index contributed by atoms with van der Waals surface area (Å²) in [6.45, 7) is 2.06. The van der Waals surface area contributed by atoms with Gasteiger partial charge in [-0.1, -0.05) is 32.3 Å². The largest absolute Gasteiger partial charge is 0.388 e. The van der Waals surface area contributed by atoms with Gasteiger partial charge in [-0.2, -0.15) is 0 Å². The molecule has 1 aromatic rings. The molecule has 0 saturated carbocycles. The van der Waals surface area contributed by atoms with Crippen LogP contribution in [0.25, 0.3) is 0 Å². The number of aliphatic hydroxyl groups is 1. The molecule has 0 amide bonds. The third-order valence-electron chi connectivity index (χ3n) is 2.40. The Morgan fingerprint density at radius 2 is 2.00 bits per heavy atom. The highest BCUT2D eigenvalue weighted by Gasteiger charge is 2.12. The molecule has 0 aromatic heterocycles. The highest BCUT2D eigenvalue weighted by atomic mass is 19.1. The maximum Gasteiger partial charge on any atom is 0.131 e. The van der Waals surface area contributed by atoms with Crippen LogP contribution in [-0.4, -0.2) is 5.11 Å². The van der Waals surface area contributed by atoms with Gasteiger partial charge >= 0.3 is 0 Å². The Morgan fingerprint density at radius 3 is 2.60 bits per heavy atom. The molecule has 0 fully saturated rings. The lowest BCUT2D eigenvalue weighted by Crippen LogP contribution is -2.01. The van der Waals surface area contributed by atoms with Crippen molar-refractivity contribution in [2.45, 2.75) is 38.7 Å². The topological polar surface area (TPSA) is 20.2 Å². The third-order valence-corrected chi connectivity index (χ3v) is 2.40. The van der Waals surface area contributed by atoms with Gasteiger partial charge in [0.2, 0.25) is 0 Å². The van der Waals surface area contributed by atoms with Gasteiger partial charge in [0.1, 0.15) is 11.6 Å². The Hall–Kier alpha value is -0.960. The van der Waals surface area contributed by atoms with Crippen LogP contribution in [0, 0.1) is 11.6 Å². The Morgan fingerprint density at radius 1 is 1.27 bits per heavy atom. The van der Waals surface area contributed by atoms with E-state index in [2.05, 4.69) is 6.92 Å². The van der Waals surface area contributed by atoms with Gasteiger partial charge < -0.3 is 5.11 Å². The van der Waals surface area contributed by atoms with Gasteiger partial charge in [0.15, 0.2) is 0 Å². The van der Waals surface area contributed by atoms with Crippen molar-refractivity contribution >= 4 is 0 Å². The predicted octanol–water partition coefficient (Wildman–Crippen LogP) is 3.58. The molecule has 1 atom stereocenters.